The van der Waals surface area contributed by atoms with Crippen LogP contribution in [0.25, 0.3) is 5.57 Å². The zero-order chi connectivity index (χ0) is 24.5. The predicted molar refractivity (Wildman–Crippen MR) is 129 cm³/mol. The van der Waals surface area contributed by atoms with Crippen LogP contribution in [0.1, 0.15) is 37.3 Å². The van der Waals surface area contributed by atoms with Crippen LogP contribution in [0.15, 0.2) is 47.9 Å². The van der Waals surface area contributed by atoms with Crippen LogP contribution in [-0.2, 0) is 16.1 Å². The molecule has 1 unspecified atom stereocenters. The lowest BCUT2D eigenvalue weighted by Crippen LogP contribution is -2.50. The Hall–Kier alpha value is -3.17. The molecule has 2 aliphatic heterocycles. The lowest BCUT2D eigenvalue weighted by atomic mass is 9.93. The molecule has 1 aromatic rings. The second-order valence-corrected chi connectivity index (χ2v) is 9.35. The first-order valence-electron chi connectivity index (χ1n) is 11.7. The van der Waals surface area contributed by atoms with E-state index in [1.165, 1.54) is 18.3 Å². The van der Waals surface area contributed by atoms with Crippen molar-refractivity contribution in [3.63, 3.8) is 0 Å². The SMILES string of the molecule is CNC/C(=C\N)c1cc(F)cc(CNC(=O)C2C=C(N3CC[C@@](N)(C4CC4)C3=O)C=C(C)N2)c1. The molecule has 2 atom stereocenters. The molecule has 182 valence electrons. The van der Waals surface area contributed by atoms with Gasteiger partial charge < -0.3 is 32.3 Å². The first-order valence-corrected chi connectivity index (χ1v) is 11.7. The summed E-state index contributed by atoms with van der Waals surface area (Å²) in [6.45, 7) is 3.05. The number of allylic oxidation sites excluding steroid dienone is 2. The summed E-state index contributed by atoms with van der Waals surface area (Å²) in [5, 5.41) is 9.01. The molecule has 2 fully saturated rings. The molecule has 1 aliphatic carbocycles. The largest absolute Gasteiger partial charge is 0.404 e. The van der Waals surface area contributed by atoms with Crippen molar-refractivity contribution in [1.82, 2.24) is 20.9 Å². The minimum absolute atomic E-state index is 0.0658. The first-order chi connectivity index (χ1) is 16.2. The summed E-state index contributed by atoms with van der Waals surface area (Å²) < 4.78 is 14.2. The van der Waals surface area contributed by atoms with E-state index in [0.717, 1.165) is 24.1 Å². The van der Waals surface area contributed by atoms with Gasteiger partial charge in [-0.3, -0.25) is 9.59 Å². The Morgan fingerprint density at radius 3 is 2.79 bits per heavy atom. The summed E-state index contributed by atoms with van der Waals surface area (Å²) in [6, 6.07) is 3.96. The average Bonchev–Trinajstić information content (AvgIpc) is 3.62. The van der Waals surface area contributed by atoms with E-state index in [9.17, 15) is 14.0 Å². The van der Waals surface area contributed by atoms with E-state index >= 15 is 0 Å². The van der Waals surface area contributed by atoms with E-state index in [1.54, 1.807) is 18.0 Å². The fraction of sp³-hybridized carbons (Fsp3) is 0.440. The second kappa shape index (κ2) is 9.60. The number of likely N-dealkylation sites (N-methyl/N-ethyl adjacent to an activating group) is 1. The van der Waals surface area contributed by atoms with Crippen molar-refractivity contribution in [2.24, 2.45) is 17.4 Å². The predicted octanol–water partition coefficient (Wildman–Crippen LogP) is 1.06. The fourth-order valence-corrected chi connectivity index (χ4v) is 4.74. The van der Waals surface area contributed by atoms with Gasteiger partial charge in [0.15, 0.2) is 0 Å². The van der Waals surface area contributed by atoms with Crippen LogP contribution in [-0.4, -0.2) is 48.4 Å². The molecule has 3 aliphatic rings. The molecular formula is C25H33FN6O2. The molecular weight excluding hydrogens is 435 g/mol. The van der Waals surface area contributed by atoms with Gasteiger partial charge in [0.2, 0.25) is 11.8 Å². The minimum Gasteiger partial charge on any atom is -0.404 e. The molecule has 9 heteroatoms. The third-order valence-electron chi connectivity index (χ3n) is 6.74. The first kappa shape index (κ1) is 24.0. The summed E-state index contributed by atoms with van der Waals surface area (Å²) in [4.78, 5) is 27.7. The van der Waals surface area contributed by atoms with Gasteiger partial charge in [-0.1, -0.05) is 0 Å². The Balaban J connectivity index is 1.44. The van der Waals surface area contributed by atoms with Crippen molar-refractivity contribution in [1.29, 1.82) is 0 Å². The van der Waals surface area contributed by atoms with Crippen LogP contribution in [0.5, 0.6) is 0 Å². The number of halogens is 1. The smallest absolute Gasteiger partial charge is 0.247 e. The summed E-state index contributed by atoms with van der Waals surface area (Å²) in [5.41, 5.74) is 14.8. The van der Waals surface area contributed by atoms with Gasteiger partial charge in [0, 0.05) is 31.0 Å². The third kappa shape index (κ3) is 4.85. The van der Waals surface area contributed by atoms with Gasteiger partial charge in [0.05, 0.1) is 0 Å². The highest BCUT2D eigenvalue weighted by Crippen LogP contribution is 2.44. The van der Waals surface area contributed by atoms with Crippen LogP contribution in [0.3, 0.4) is 0 Å². The van der Waals surface area contributed by atoms with Crippen molar-refractivity contribution >= 4 is 17.4 Å². The van der Waals surface area contributed by atoms with E-state index in [2.05, 4.69) is 16.0 Å². The lowest BCUT2D eigenvalue weighted by Gasteiger charge is -2.28. The zero-order valence-electron chi connectivity index (χ0n) is 19.7. The minimum atomic E-state index is -0.787. The molecule has 34 heavy (non-hydrogen) atoms. The Morgan fingerprint density at radius 2 is 2.12 bits per heavy atom. The highest BCUT2D eigenvalue weighted by molar-refractivity contribution is 5.91. The number of carbonyl (C=O) groups excluding carboxylic acids is 2. The molecule has 0 aromatic heterocycles. The van der Waals surface area contributed by atoms with E-state index in [0.29, 0.717) is 36.3 Å². The molecule has 2 heterocycles. The van der Waals surface area contributed by atoms with Crippen molar-refractivity contribution in [2.45, 2.75) is 44.3 Å². The Labute approximate surface area is 199 Å². The number of carbonyl (C=O) groups is 2. The van der Waals surface area contributed by atoms with Gasteiger partial charge in [-0.25, -0.2) is 4.39 Å². The maximum absolute atomic E-state index is 14.2. The summed E-state index contributed by atoms with van der Waals surface area (Å²) in [5.74, 6) is -0.477. The summed E-state index contributed by atoms with van der Waals surface area (Å²) >= 11 is 0. The molecule has 1 aromatic carbocycles. The van der Waals surface area contributed by atoms with E-state index in [1.807, 2.05) is 19.1 Å². The van der Waals surface area contributed by atoms with Gasteiger partial charge in [0.1, 0.15) is 17.4 Å². The maximum Gasteiger partial charge on any atom is 0.247 e. The fourth-order valence-electron chi connectivity index (χ4n) is 4.74. The van der Waals surface area contributed by atoms with Gasteiger partial charge in [-0.2, -0.15) is 0 Å². The Bertz CT molecular complexity index is 1080. The summed E-state index contributed by atoms with van der Waals surface area (Å²) in [7, 11) is 1.79. The number of likely N-dealkylation sites (tertiary alicyclic amines) is 1. The topological polar surface area (TPSA) is 126 Å². The van der Waals surface area contributed by atoms with Crippen LogP contribution in [0, 0.1) is 11.7 Å². The number of benzene rings is 1. The average molecular weight is 469 g/mol. The molecule has 1 saturated heterocycles. The number of rotatable bonds is 8. The molecule has 0 spiro atoms. The number of hydrogen-bond acceptors (Lipinski definition) is 6. The lowest BCUT2D eigenvalue weighted by molar-refractivity contribution is -0.131. The van der Waals surface area contributed by atoms with Gasteiger partial charge in [-0.15, -0.1) is 0 Å². The van der Waals surface area contributed by atoms with Crippen molar-refractivity contribution < 1.29 is 14.0 Å². The third-order valence-corrected chi connectivity index (χ3v) is 6.74. The normalized spacial score (nSPS) is 25.1. The standard InChI is InChI=1S/C25H33FN6O2/c1-15-7-21(32-6-5-25(28,24(32)34)19-3-4-19)11-22(31-15)23(33)30-13-16-8-17(10-20(26)9-16)18(12-27)14-29-2/h7-12,19,22,29,31H,3-6,13-14,27-28H2,1-2H3,(H,30,33)/b18-12+/t22?,25-/m1/s1. The number of hydrogen-bond donors (Lipinski definition) is 5. The van der Waals surface area contributed by atoms with Crippen LogP contribution in [0.2, 0.25) is 0 Å². The Kier molecular flexibility index (Phi) is 6.77. The van der Waals surface area contributed by atoms with E-state index in [4.69, 9.17) is 11.5 Å². The molecule has 8 nitrogen and oxygen atoms in total. The van der Waals surface area contributed by atoms with E-state index in [-0.39, 0.29) is 24.3 Å². The van der Waals surface area contributed by atoms with Gasteiger partial charge in [-0.05, 0) is 92.4 Å². The van der Waals surface area contributed by atoms with Crippen LogP contribution >= 0.6 is 0 Å². The van der Waals surface area contributed by atoms with Crippen LogP contribution < -0.4 is 27.4 Å². The van der Waals surface area contributed by atoms with E-state index < -0.39 is 17.4 Å². The maximum atomic E-state index is 14.2. The number of amides is 2. The molecule has 7 N–H and O–H groups in total. The highest BCUT2D eigenvalue weighted by atomic mass is 19.1. The molecule has 2 amide bonds. The van der Waals surface area contributed by atoms with Crippen molar-refractivity contribution in [3.8, 4) is 0 Å². The number of nitrogens with one attached hydrogen (secondary N) is 3. The number of dihydropyridines is 1. The summed E-state index contributed by atoms with van der Waals surface area (Å²) in [6.07, 6.45) is 7.67. The number of nitrogens with two attached hydrogens (primary N) is 2. The van der Waals surface area contributed by atoms with Crippen molar-refractivity contribution in [3.05, 3.63) is 64.9 Å². The quantitative estimate of drug-likeness (QED) is 0.389. The van der Waals surface area contributed by atoms with Crippen molar-refractivity contribution in [2.75, 3.05) is 20.1 Å². The highest BCUT2D eigenvalue weighted by Gasteiger charge is 2.53. The monoisotopic (exact) mass is 468 g/mol. The van der Waals surface area contributed by atoms with Gasteiger partial charge >= 0.3 is 0 Å². The van der Waals surface area contributed by atoms with Gasteiger partial charge in [0.25, 0.3) is 0 Å². The zero-order valence-corrected chi connectivity index (χ0v) is 19.7. The Morgan fingerprint density at radius 1 is 1.35 bits per heavy atom. The second-order valence-electron chi connectivity index (χ2n) is 9.35. The molecule has 1 saturated carbocycles. The molecule has 4 rings (SSSR count). The number of nitrogens with zero attached hydrogens (tertiary/aromatic N) is 1. The van der Waals surface area contributed by atoms with Crippen LogP contribution in [0.4, 0.5) is 4.39 Å². The molecule has 0 bridgehead atoms. The molecule has 0 radical (unpaired) electrons.